The lowest BCUT2D eigenvalue weighted by atomic mass is 10.3. The Hall–Kier alpha value is -2.31. The molecule has 0 aromatic carbocycles. The molecule has 6 nitrogen and oxygen atoms in total. The van der Waals surface area contributed by atoms with E-state index in [2.05, 4.69) is 15.1 Å². The van der Waals surface area contributed by atoms with Crippen LogP contribution in [0.1, 0.15) is 5.69 Å². The third-order valence-electron chi connectivity index (χ3n) is 2.18. The zero-order chi connectivity index (χ0) is 12.3. The van der Waals surface area contributed by atoms with Crippen LogP contribution < -0.4 is 5.73 Å². The van der Waals surface area contributed by atoms with E-state index in [9.17, 15) is 4.39 Å². The summed E-state index contributed by atoms with van der Waals surface area (Å²) in [7, 11) is 0. The number of nitrogens with zero attached hydrogens (tertiary/aromatic N) is 4. The quantitative estimate of drug-likeness (QED) is 0.598. The molecule has 2 rings (SSSR count). The predicted octanol–water partition coefficient (Wildman–Crippen LogP) is 0.594. The van der Waals surface area contributed by atoms with Crippen LogP contribution in [0.5, 0.6) is 0 Å². The summed E-state index contributed by atoms with van der Waals surface area (Å²) in [6, 6.07) is 1.60. The molecule has 0 fully saturated rings. The first-order valence-electron chi connectivity index (χ1n) is 4.97. The molecule has 0 aliphatic heterocycles. The Morgan fingerprint density at radius 1 is 1.41 bits per heavy atom. The van der Waals surface area contributed by atoms with Crippen molar-refractivity contribution in [3.05, 3.63) is 30.4 Å². The van der Waals surface area contributed by atoms with Crippen molar-refractivity contribution in [1.82, 2.24) is 19.7 Å². The maximum atomic E-state index is 12.3. The fourth-order valence-corrected chi connectivity index (χ4v) is 1.44. The van der Waals surface area contributed by atoms with Gasteiger partial charge in [-0.3, -0.25) is 20.1 Å². The Labute approximate surface area is 96.8 Å². The van der Waals surface area contributed by atoms with Gasteiger partial charge >= 0.3 is 0 Å². The van der Waals surface area contributed by atoms with Crippen molar-refractivity contribution in [2.45, 2.75) is 6.54 Å². The zero-order valence-electron chi connectivity index (χ0n) is 8.97. The van der Waals surface area contributed by atoms with Gasteiger partial charge in [-0.05, 0) is 6.07 Å². The van der Waals surface area contributed by atoms with Crippen molar-refractivity contribution in [2.75, 3.05) is 6.67 Å². The summed E-state index contributed by atoms with van der Waals surface area (Å²) in [4.78, 5) is 8.00. The van der Waals surface area contributed by atoms with Gasteiger partial charge in [-0.25, -0.2) is 4.39 Å². The minimum atomic E-state index is -0.568. The zero-order valence-corrected chi connectivity index (χ0v) is 8.97. The molecule has 0 aliphatic rings. The van der Waals surface area contributed by atoms with Gasteiger partial charge in [0.2, 0.25) is 0 Å². The van der Waals surface area contributed by atoms with Crippen molar-refractivity contribution < 1.29 is 4.39 Å². The topological polar surface area (TPSA) is 93.5 Å². The van der Waals surface area contributed by atoms with Gasteiger partial charge in [0, 0.05) is 12.4 Å². The van der Waals surface area contributed by atoms with Gasteiger partial charge < -0.3 is 5.73 Å². The van der Waals surface area contributed by atoms with Gasteiger partial charge in [0.05, 0.1) is 12.7 Å². The summed E-state index contributed by atoms with van der Waals surface area (Å²) >= 11 is 0. The third kappa shape index (κ3) is 2.27. The number of hydrogen-bond donors (Lipinski definition) is 2. The fourth-order valence-electron chi connectivity index (χ4n) is 1.44. The van der Waals surface area contributed by atoms with E-state index in [1.165, 1.54) is 10.9 Å². The smallest absolute Gasteiger partial charge is 0.141 e. The largest absolute Gasteiger partial charge is 0.382 e. The van der Waals surface area contributed by atoms with Gasteiger partial charge in [-0.15, -0.1) is 0 Å². The Kier molecular flexibility index (Phi) is 3.08. The van der Waals surface area contributed by atoms with Gasteiger partial charge in [0.15, 0.2) is 0 Å². The van der Waals surface area contributed by atoms with Gasteiger partial charge in [0.1, 0.15) is 29.6 Å². The molecular weight excluding hydrogens is 223 g/mol. The Morgan fingerprint density at radius 2 is 2.24 bits per heavy atom. The highest BCUT2D eigenvalue weighted by atomic mass is 19.1. The molecule has 0 bridgehead atoms. The SMILES string of the molecule is N=C(N)c1cc(-c2cnccn2)nn1CCF. The number of aromatic nitrogens is 4. The molecule has 2 aromatic rings. The average Bonchev–Trinajstić information content (AvgIpc) is 2.75. The van der Waals surface area contributed by atoms with Crippen molar-refractivity contribution in [3.63, 3.8) is 0 Å². The van der Waals surface area contributed by atoms with E-state index in [-0.39, 0.29) is 12.4 Å². The molecule has 0 atom stereocenters. The number of halogens is 1. The summed E-state index contributed by atoms with van der Waals surface area (Å²) in [6.07, 6.45) is 4.64. The first-order chi connectivity index (χ1) is 8.22. The molecule has 0 unspecified atom stereocenters. The van der Waals surface area contributed by atoms with Crippen LogP contribution in [0.2, 0.25) is 0 Å². The summed E-state index contributed by atoms with van der Waals surface area (Å²) < 4.78 is 13.7. The minimum Gasteiger partial charge on any atom is -0.382 e. The number of hydrogen-bond acceptors (Lipinski definition) is 4. The van der Waals surface area contributed by atoms with Crippen molar-refractivity contribution >= 4 is 5.84 Å². The molecule has 0 aliphatic carbocycles. The molecule has 3 N–H and O–H groups in total. The normalized spacial score (nSPS) is 10.4. The van der Waals surface area contributed by atoms with Gasteiger partial charge in [-0.2, -0.15) is 5.10 Å². The van der Waals surface area contributed by atoms with Crippen LogP contribution in [-0.4, -0.2) is 32.3 Å². The first kappa shape index (κ1) is 11.2. The fraction of sp³-hybridized carbons (Fsp3) is 0.200. The highest BCUT2D eigenvalue weighted by molar-refractivity contribution is 5.94. The third-order valence-corrected chi connectivity index (χ3v) is 2.18. The number of amidine groups is 1. The van der Waals surface area contributed by atoms with Crippen LogP contribution in [0, 0.1) is 5.41 Å². The maximum Gasteiger partial charge on any atom is 0.141 e. The summed E-state index contributed by atoms with van der Waals surface area (Å²) in [5, 5.41) is 11.5. The number of aryl methyl sites for hydroxylation is 1. The lowest BCUT2D eigenvalue weighted by Gasteiger charge is -2.01. The highest BCUT2D eigenvalue weighted by Gasteiger charge is 2.12. The molecule has 2 aromatic heterocycles. The average molecular weight is 234 g/mol. The summed E-state index contributed by atoms with van der Waals surface area (Å²) in [5.74, 6) is -0.152. The number of rotatable bonds is 4. The monoisotopic (exact) mass is 234 g/mol. The van der Waals surface area contributed by atoms with Crippen LogP contribution in [0.3, 0.4) is 0 Å². The number of nitrogen functional groups attached to an aromatic ring is 1. The number of nitrogens with one attached hydrogen (secondary N) is 1. The van der Waals surface area contributed by atoms with Crippen LogP contribution >= 0.6 is 0 Å². The Morgan fingerprint density at radius 3 is 2.82 bits per heavy atom. The van der Waals surface area contributed by atoms with E-state index in [0.717, 1.165) is 0 Å². The molecule has 7 heteroatoms. The van der Waals surface area contributed by atoms with Crippen LogP contribution in [0.15, 0.2) is 24.7 Å². The van der Waals surface area contributed by atoms with Crippen LogP contribution in [-0.2, 0) is 6.54 Å². The van der Waals surface area contributed by atoms with E-state index in [4.69, 9.17) is 11.1 Å². The second-order valence-corrected chi connectivity index (χ2v) is 3.33. The first-order valence-corrected chi connectivity index (χ1v) is 4.97. The van der Waals surface area contributed by atoms with E-state index < -0.39 is 6.67 Å². The highest BCUT2D eigenvalue weighted by Crippen LogP contribution is 2.15. The van der Waals surface area contributed by atoms with Gasteiger partial charge in [-0.1, -0.05) is 0 Å². The molecule has 17 heavy (non-hydrogen) atoms. The number of alkyl halides is 1. The van der Waals surface area contributed by atoms with Crippen molar-refractivity contribution in [1.29, 1.82) is 5.41 Å². The summed E-state index contributed by atoms with van der Waals surface area (Å²) in [5.41, 5.74) is 6.87. The lowest BCUT2D eigenvalue weighted by Crippen LogP contribution is -2.18. The second-order valence-electron chi connectivity index (χ2n) is 3.33. The molecule has 0 saturated heterocycles. The van der Waals surface area contributed by atoms with Gasteiger partial charge in [0.25, 0.3) is 0 Å². The van der Waals surface area contributed by atoms with E-state index in [1.807, 2.05) is 0 Å². The predicted molar refractivity (Wildman–Crippen MR) is 60.2 cm³/mol. The van der Waals surface area contributed by atoms with Crippen molar-refractivity contribution in [3.8, 4) is 11.4 Å². The van der Waals surface area contributed by atoms with Crippen molar-refractivity contribution in [2.24, 2.45) is 5.73 Å². The lowest BCUT2D eigenvalue weighted by molar-refractivity contribution is 0.426. The standard InChI is InChI=1S/C10H11FN6/c11-1-4-17-9(10(12)13)5-7(16-17)8-6-14-2-3-15-8/h2-3,5-6H,1,4H2,(H3,12,13). The molecule has 0 radical (unpaired) electrons. The number of nitrogens with two attached hydrogens (primary N) is 1. The molecule has 0 amide bonds. The second kappa shape index (κ2) is 4.69. The molecule has 0 spiro atoms. The van der Waals surface area contributed by atoms with E-state index in [1.54, 1.807) is 18.5 Å². The Bertz CT molecular complexity index is 521. The molecular formula is C10H11FN6. The molecule has 0 saturated carbocycles. The Balaban J connectivity index is 2.44. The molecule has 2 heterocycles. The van der Waals surface area contributed by atoms with E-state index >= 15 is 0 Å². The minimum absolute atomic E-state index is 0.0647. The van der Waals surface area contributed by atoms with E-state index in [0.29, 0.717) is 17.1 Å². The maximum absolute atomic E-state index is 12.3. The molecule has 88 valence electrons. The van der Waals surface area contributed by atoms with Crippen LogP contribution in [0.25, 0.3) is 11.4 Å². The van der Waals surface area contributed by atoms with Crippen LogP contribution in [0.4, 0.5) is 4.39 Å². The summed E-state index contributed by atoms with van der Waals surface area (Å²) in [6.45, 7) is -0.503.